The number of halogens is 2. The summed E-state index contributed by atoms with van der Waals surface area (Å²) >= 11 is 6.51. The molecule has 0 aliphatic heterocycles. The SMILES string of the molecule is N#C/C(=C\c1cc(Br)c(Br)o1)C(=O)NC1CCCCC1. The largest absolute Gasteiger partial charge is 0.449 e. The standard InChI is InChI=1S/C14H14Br2N2O2/c15-12-7-11(20-13(12)16)6-9(8-17)14(19)18-10-4-2-1-3-5-10/h6-7,10H,1-5H2,(H,18,19)/b9-6+. The molecule has 1 fully saturated rings. The molecular formula is C14H14Br2N2O2. The van der Waals surface area contributed by atoms with Gasteiger partial charge in [0.15, 0.2) is 4.67 Å². The highest BCUT2D eigenvalue weighted by atomic mass is 79.9. The highest BCUT2D eigenvalue weighted by Gasteiger charge is 2.18. The molecule has 0 unspecified atom stereocenters. The van der Waals surface area contributed by atoms with Crippen molar-refractivity contribution in [3.8, 4) is 6.07 Å². The van der Waals surface area contributed by atoms with Crippen LogP contribution in [0.1, 0.15) is 37.9 Å². The van der Waals surface area contributed by atoms with Crippen molar-refractivity contribution in [2.24, 2.45) is 0 Å². The second-order valence-corrected chi connectivity index (χ2v) is 6.32. The fourth-order valence-electron chi connectivity index (χ4n) is 2.24. The van der Waals surface area contributed by atoms with E-state index in [0.29, 0.717) is 10.4 Å². The Bertz CT molecular complexity index is 547. The van der Waals surface area contributed by atoms with Gasteiger partial charge in [0.25, 0.3) is 5.91 Å². The molecule has 1 aromatic heterocycles. The normalized spacial score (nSPS) is 16.8. The Balaban J connectivity index is 2.07. The molecule has 0 aromatic carbocycles. The van der Waals surface area contributed by atoms with E-state index < -0.39 is 0 Å². The van der Waals surface area contributed by atoms with E-state index in [9.17, 15) is 4.79 Å². The number of hydrogen-bond donors (Lipinski definition) is 1. The summed E-state index contributed by atoms with van der Waals surface area (Å²) in [5, 5.41) is 12.0. The third kappa shape index (κ3) is 3.97. The lowest BCUT2D eigenvalue weighted by Gasteiger charge is -2.22. The van der Waals surface area contributed by atoms with E-state index in [0.717, 1.165) is 30.2 Å². The molecule has 1 N–H and O–H groups in total. The van der Waals surface area contributed by atoms with Gasteiger partial charge in [-0.2, -0.15) is 5.26 Å². The number of nitriles is 1. The van der Waals surface area contributed by atoms with E-state index in [1.807, 2.05) is 6.07 Å². The molecule has 106 valence electrons. The summed E-state index contributed by atoms with van der Waals surface area (Å²) in [5.74, 6) is 0.127. The highest BCUT2D eigenvalue weighted by molar-refractivity contribution is 9.13. The Morgan fingerprint density at radius 1 is 1.40 bits per heavy atom. The van der Waals surface area contributed by atoms with E-state index in [1.54, 1.807) is 6.07 Å². The first kappa shape index (κ1) is 15.3. The summed E-state index contributed by atoms with van der Waals surface area (Å²) in [6.07, 6.45) is 6.92. The van der Waals surface area contributed by atoms with Gasteiger partial charge in [0.2, 0.25) is 0 Å². The highest BCUT2D eigenvalue weighted by Crippen LogP contribution is 2.28. The lowest BCUT2D eigenvalue weighted by Crippen LogP contribution is -2.36. The maximum atomic E-state index is 12.1. The van der Waals surface area contributed by atoms with Crippen molar-refractivity contribution in [3.05, 3.63) is 26.5 Å². The van der Waals surface area contributed by atoms with E-state index in [1.165, 1.54) is 12.5 Å². The summed E-state index contributed by atoms with van der Waals surface area (Å²) in [7, 11) is 0. The maximum absolute atomic E-state index is 12.1. The van der Waals surface area contributed by atoms with Crippen LogP contribution in [0.2, 0.25) is 0 Å². The maximum Gasteiger partial charge on any atom is 0.262 e. The van der Waals surface area contributed by atoms with E-state index in [2.05, 4.69) is 37.2 Å². The summed E-state index contributed by atoms with van der Waals surface area (Å²) in [6, 6.07) is 3.81. The second-order valence-electron chi connectivity index (χ2n) is 4.75. The first-order chi connectivity index (χ1) is 9.60. The monoisotopic (exact) mass is 400 g/mol. The Hall–Kier alpha value is -1.06. The van der Waals surface area contributed by atoms with E-state index in [4.69, 9.17) is 9.68 Å². The van der Waals surface area contributed by atoms with Gasteiger partial charge in [-0.1, -0.05) is 19.3 Å². The molecule has 6 heteroatoms. The fourth-order valence-corrected chi connectivity index (χ4v) is 2.84. The van der Waals surface area contributed by atoms with Gasteiger partial charge >= 0.3 is 0 Å². The van der Waals surface area contributed by atoms with Gasteiger partial charge in [0.05, 0.1) is 4.47 Å². The summed E-state index contributed by atoms with van der Waals surface area (Å²) < 4.78 is 6.63. The van der Waals surface area contributed by atoms with Gasteiger partial charge in [0, 0.05) is 12.1 Å². The van der Waals surface area contributed by atoms with Gasteiger partial charge < -0.3 is 9.73 Å². The van der Waals surface area contributed by atoms with Crippen molar-refractivity contribution in [3.63, 3.8) is 0 Å². The number of hydrogen-bond acceptors (Lipinski definition) is 3. The first-order valence-corrected chi connectivity index (χ1v) is 8.06. The number of furan rings is 1. The van der Waals surface area contributed by atoms with Gasteiger partial charge in [0.1, 0.15) is 17.4 Å². The van der Waals surface area contributed by atoms with Crippen molar-refractivity contribution in [2.45, 2.75) is 38.1 Å². The molecule has 0 atom stereocenters. The minimum absolute atomic E-state index is 0.0596. The average molecular weight is 402 g/mol. The van der Waals surface area contributed by atoms with Crippen LogP contribution in [0.15, 0.2) is 25.2 Å². The van der Waals surface area contributed by atoms with Crippen LogP contribution in [-0.4, -0.2) is 11.9 Å². The van der Waals surface area contributed by atoms with Crippen molar-refractivity contribution in [2.75, 3.05) is 0 Å². The molecule has 1 heterocycles. The van der Waals surface area contributed by atoms with Crippen LogP contribution in [0.5, 0.6) is 0 Å². The third-order valence-electron chi connectivity index (χ3n) is 3.26. The molecular weight excluding hydrogens is 388 g/mol. The summed E-state index contributed by atoms with van der Waals surface area (Å²) in [6.45, 7) is 0. The summed E-state index contributed by atoms with van der Waals surface area (Å²) in [5.41, 5.74) is 0.0596. The number of carbonyl (C=O) groups excluding carboxylic acids is 1. The summed E-state index contributed by atoms with van der Waals surface area (Å²) in [4.78, 5) is 12.1. The smallest absolute Gasteiger partial charge is 0.262 e. The van der Waals surface area contributed by atoms with Crippen molar-refractivity contribution >= 4 is 43.8 Å². The Kier molecular flexibility index (Phi) is 5.44. The Morgan fingerprint density at radius 3 is 2.65 bits per heavy atom. The Labute approximate surface area is 134 Å². The number of carbonyl (C=O) groups is 1. The molecule has 2 rings (SSSR count). The number of nitrogens with zero attached hydrogens (tertiary/aromatic N) is 1. The van der Waals surface area contributed by atoms with Crippen LogP contribution in [0.4, 0.5) is 0 Å². The lowest BCUT2D eigenvalue weighted by molar-refractivity contribution is -0.117. The van der Waals surface area contributed by atoms with Crippen molar-refractivity contribution in [1.29, 1.82) is 5.26 Å². The van der Waals surface area contributed by atoms with Crippen LogP contribution in [0, 0.1) is 11.3 Å². The molecule has 1 aromatic rings. The minimum Gasteiger partial charge on any atom is -0.449 e. The van der Waals surface area contributed by atoms with Crippen LogP contribution >= 0.6 is 31.9 Å². The lowest BCUT2D eigenvalue weighted by atomic mass is 9.95. The van der Waals surface area contributed by atoms with Crippen molar-refractivity contribution in [1.82, 2.24) is 5.32 Å². The first-order valence-electron chi connectivity index (χ1n) is 6.47. The molecule has 1 amide bonds. The number of amides is 1. The zero-order chi connectivity index (χ0) is 14.5. The van der Waals surface area contributed by atoms with Crippen LogP contribution in [-0.2, 0) is 4.79 Å². The minimum atomic E-state index is -0.331. The number of rotatable bonds is 3. The fraction of sp³-hybridized carbons (Fsp3) is 0.429. The van der Waals surface area contributed by atoms with E-state index in [-0.39, 0.29) is 17.5 Å². The molecule has 4 nitrogen and oxygen atoms in total. The van der Waals surface area contributed by atoms with E-state index >= 15 is 0 Å². The zero-order valence-corrected chi connectivity index (χ0v) is 14.0. The topological polar surface area (TPSA) is 66.0 Å². The van der Waals surface area contributed by atoms with Gasteiger partial charge in [-0.05, 0) is 50.8 Å². The molecule has 20 heavy (non-hydrogen) atoms. The second kappa shape index (κ2) is 7.09. The van der Waals surface area contributed by atoms with Crippen LogP contribution < -0.4 is 5.32 Å². The quantitative estimate of drug-likeness (QED) is 0.610. The molecule has 1 aliphatic rings. The van der Waals surface area contributed by atoms with Crippen LogP contribution in [0.25, 0.3) is 6.08 Å². The number of nitrogens with one attached hydrogen (secondary N) is 1. The molecule has 1 aliphatic carbocycles. The molecule has 0 bridgehead atoms. The molecule has 0 radical (unpaired) electrons. The van der Waals surface area contributed by atoms with Crippen LogP contribution in [0.3, 0.4) is 0 Å². The predicted molar refractivity (Wildman–Crippen MR) is 82.7 cm³/mol. The van der Waals surface area contributed by atoms with Gasteiger partial charge in [-0.15, -0.1) is 0 Å². The Morgan fingerprint density at radius 2 is 2.10 bits per heavy atom. The molecule has 0 spiro atoms. The van der Waals surface area contributed by atoms with Crippen molar-refractivity contribution < 1.29 is 9.21 Å². The van der Waals surface area contributed by atoms with Gasteiger partial charge in [-0.25, -0.2) is 0 Å². The predicted octanol–water partition coefficient (Wildman–Crippen LogP) is 4.16. The average Bonchev–Trinajstić information content (AvgIpc) is 2.76. The van der Waals surface area contributed by atoms with Gasteiger partial charge in [-0.3, -0.25) is 4.79 Å². The molecule has 0 saturated heterocycles. The zero-order valence-electron chi connectivity index (χ0n) is 10.8. The molecule has 1 saturated carbocycles. The third-order valence-corrected chi connectivity index (χ3v) is 4.97.